The Morgan fingerprint density at radius 1 is 0.250 bits per heavy atom. The SMILES string of the molecule is ClCc1cccc(-c2cccc(-c3cc(-c4cccc(-c5ccccc5)c4)cc(-c4cccc(-c5ccccc5)c4)c3)c2)c1. The second kappa shape index (κ2) is 12.6. The molecule has 0 saturated carbocycles. The first kappa shape index (κ1) is 27.7. The zero-order chi connectivity index (χ0) is 29.7. The van der Waals surface area contributed by atoms with E-state index in [2.05, 4.69) is 176 Å². The first-order chi connectivity index (χ1) is 21.7. The van der Waals surface area contributed by atoms with Crippen LogP contribution in [0.3, 0.4) is 0 Å². The maximum Gasteiger partial charge on any atom is 0.0474 e. The van der Waals surface area contributed by atoms with Gasteiger partial charge in [0.25, 0.3) is 0 Å². The second-order valence-corrected chi connectivity index (χ2v) is 11.4. The molecule has 7 rings (SSSR count). The van der Waals surface area contributed by atoms with Crippen molar-refractivity contribution in [3.8, 4) is 66.8 Å². The summed E-state index contributed by atoms with van der Waals surface area (Å²) in [7, 11) is 0. The molecule has 0 aliphatic rings. The van der Waals surface area contributed by atoms with Crippen molar-refractivity contribution in [3.63, 3.8) is 0 Å². The van der Waals surface area contributed by atoms with Gasteiger partial charge in [-0.3, -0.25) is 0 Å². The lowest BCUT2D eigenvalue weighted by Crippen LogP contribution is -1.89. The van der Waals surface area contributed by atoms with E-state index in [1.165, 1.54) is 66.8 Å². The summed E-state index contributed by atoms with van der Waals surface area (Å²) in [6, 6.07) is 63.2. The maximum absolute atomic E-state index is 6.17. The fraction of sp³-hybridized carbons (Fsp3) is 0.0233. The summed E-state index contributed by atoms with van der Waals surface area (Å²) in [6.07, 6.45) is 0. The van der Waals surface area contributed by atoms with Crippen molar-refractivity contribution in [2.24, 2.45) is 0 Å². The average molecular weight is 583 g/mol. The molecule has 210 valence electrons. The van der Waals surface area contributed by atoms with E-state index in [9.17, 15) is 0 Å². The second-order valence-electron chi connectivity index (χ2n) is 11.1. The van der Waals surface area contributed by atoms with Gasteiger partial charge in [0.2, 0.25) is 0 Å². The molecular formula is C43H31Cl. The molecule has 0 aromatic heterocycles. The summed E-state index contributed by atoms with van der Waals surface area (Å²) in [5.74, 6) is 0.503. The van der Waals surface area contributed by atoms with E-state index < -0.39 is 0 Å². The van der Waals surface area contributed by atoms with E-state index in [1.807, 2.05) is 0 Å². The van der Waals surface area contributed by atoms with Gasteiger partial charge in [-0.15, -0.1) is 11.6 Å². The van der Waals surface area contributed by atoms with Crippen LogP contribution in [0.5, 0.6) is 0 Å². The van der Waals surface area contributed by atoms with E-state index in [1.54, 1.807) is 0 Å². The van der Waals surface area contributed by atoms with Crippen molar-refractivity contribution in [2.75, 3.05) is 0 Å². The number of benzene rings is 7. The molecule has 0 bridgehead atoms. The molecule has 0 spiro atoms. The average Bonchev–Trinajstić information content (AvgIpc) is 3.12. The van der Waals surface area contributed by atoms with Crippen molar-refractivity contribution in [2.45, 2.75) is 5.88 Å². The van der Waals surface area contributed by atoms with Crippen LogP contribution in [0.4, 0.5) is 0 Å². The number of hydrogen-bond acceptors (Lipinski definition) is 0. The molecule has 0 unspecified atom stereocenters. The summed E-state index contributed by atoms with van der Waals surface area (Å²) in [5, 5.41) is 0. The number of halogens is 1. The Morgan fingerprint density at radius 3 is 0.909 bits per heavy atom. The van der Waals surface area contributed by atoms with Crippen LogP contribution in [-0.4, -0.2) is 0 Å². The van der Waals surface area contributed by atoms with Crippen molar-refractivity contribution >= 4 is 11.6 Å². The third-order valence-corrected chi connectivity index (χ3v) is 8.46. The van der Waals surface area contributed by atoms with Gasteiger partial charge >= 0.3 is 0 Å². The van der Waals surface area contributed by atoms with Gasteiger partial charge in [0, 0.05) is 5.88 Å². The van der Waals surface area contributed by atoms with Crippen molar-refractivity contribution in [1.82, 2.24) is 0 Å². The molecule has 0 N–H and O–H groups in total. The molecule has 0 heterocycles. The highest BCUT2D eigenvalue weighted by molar-refractivity contribution is 6.17. The Bertz CT molecular complexity index is 1940. The first-order valence-electron chi connectivity index (χ1n) is 15.0. The molecule has 0 aliphatic heterocycles. The van der Waals surface area contributed by atoms with Crippen LogP contribution in [0.1, 0.15) is 5.56 Å². The predicted molar refractivity (Wildman–Crippen MR) is 189 cm³/mol. The van der Waals surface area contributed by atoms with E-state index >= 15 is 0 Å². The Hall–Kier alpha value is -5.17. The molecule has 0 fully saturated rings. The highest BCUT2D eigenvalue weighted by Gasteiger charge is 2.11. The fourth-order valence-corrected chi connectivity index (χ4v) is 6.02. The first-order valence-corrected chi connectivity index (χ1v) is 15.5. The lowest BCUT2D eigenvalue weighted by atomic mass is 9.90. The summed E-state index contributed by atoms with van der Waals surface area (Å²) in [5.41, 5.74) is 15.5. The smallest absolute Gasteiger partial charge is 0.0474 e. The molecule has 0 radical (unpaired) electrons. The standard InChI is InChI=1S/C43H31Cl/c44-30-31-11-7-16-34(23-31)37-19-10-22-40(26-37)43-28-41(38-20-8-17-35(24-38)32-12-3-1-4-13-32)27-42(29-43)39-21-9-18-36(25-39)33-14-5-2-6-15-33/h1-29H,30H2. The van der Waals surface area contributed by atoms with E-state index in [-0.39, 0.29) is 0 Å². The van der Waals surface area contributed by atoms with Crippen molar-refractivity contribution < 1.29 is 0 Å². The van der Waals surface area contributed by atoms with E-state index in [0.29, 0.717) is 5.88 Å². The highest BCUT2D eigenvalue weighted by atomic mass is 35.5. The van der Waals surface area contributed by atoms with Gasteiger partial charge in [-0.1, -0.05) is 133 Å². The van der Waals surface area contributed by atoms with Crippen LogP contribution in [0.2, 0.25) is 0 Å². The third-order valence-electron chi connectivity index (χ3n) is 8.15. The molecular weight excluding hydrogens is 552 g/mol. The van der Waals surface area contributed by atoms with Gasteiger partial charge < -0.3 is 0 Å². The molecule has 7 aromatic carbocycles. The van der Waals surface area contributed by atoms with Gasteiger partial charge in [-0.05, 0) is 115 Å². The van der Waals surface area contributed by atoms with Gasteiger partial charge in [-0.2, -0.15) is 0 Å². The fourth-order valence-electron chi connectivity index (χ4n) is 5.86. The highest BCUT2D eigenvalue weighted by Crippen LogP contribution is 2.37. The number of hydrogen-bond donors (Lipinski definition) is 0. The van der Waals surface area contributed by atoms with Crippen molar-refractivity contribution in [1.29, 1.82) is 0 Å². The summed E-state index contributed by atoms with van der Waals surface area (Å²) >= 11 is 6.17. The third kappa shape index (κ3) is 5.99. The Labute approximate surface area is 264 Å². The molecule has 0 nitrogen and oxygen atoms in total. The molecule has 0 atom stereocenters. The van der Waals surface area contributed by atoms with Gasteiger partial charge in [0.15, 0.2) is 0 Å². The summed E-state index contributed by atoms with van der Waals surface area (Å²) < 4.78 is 0. The topological polar surface area (TPSA) is 0 Å². The molecule has 7 aromatic rings. The molecule has 1 heteroatoms. The van der Waals surface area contributed by atoms with E-state index in [4.69, 9.17) is 11.6 Å². The lowest BCUT2D eigenvalue weighted by molar-refractivity contribution is 1.40. The van der Waals surface area contributed by atoms with E-state index in [0.717, 1.165) is 5.56 Å². The van der Waals surface area contributed by atoms with Crippen LogP contribution >= 0.6 is 11.6 Å². The van der Waals surface area contributed by atoms with Crippen LogP contribution in [0.15, 0.2) is 176 Å². The monoisotopic (exact) mass is 582 g/mol. The van der Waals surface area contributed by atoms with Crippen LogP contribution in [0, 0.1) is 0 Å². The van der Waals surface area contributed by atoms with Crippen LogP contribution < -0.4 is 0 Å². The molecule has 0 aliphatic carbocycles. The zero-order valence-corrected chi connectivity index (χ0v) is 25.1. The molecule has 44 heavy (non-hydrogen) atoms. The van der Waals surface area contributed by atoms with Gasteiger partial charge in [0.1, 0.15) is 0 Å². The minimum atomic E-state index is 0.503. The van der Waals surface area contributed by atoms with Gasteiger partial charge in [0.05, 0.1) is 0 Å². The summed E-state index contributed by atoms with van der Waals surface area (Å²) in [4.78, 5) is 0. The zero-order valence-electron chi connectivity index (χ0n) is 24.3. The number of alkyl halides is 1. The minimum Gasteiger partial charge on any atom is -0.122 e. The Kier molecular flexibility index (Phi) is 7.91. The number of rotatable bonds is 7. The molecule has 0 saturated heterocycles. The van der Waals surface area contributed by atoms with Gasteiger partial charge in [-0.25, -0.2) is 0 Å². The summed E-state index contributed by atoms with van der Waals surface area (Å²) in [6.45, 7) is 0. The quantitative estimate of drug-likeness (QED) is 0.164. The van der Waals surface area contributed by atoms with Crippen LogP contribution in [-0.2, 0) is 5.88 Å². The lowest BCUT2D eigenvalue weighted by Gasteiger charge is -2.14. The predicted octanol–water partition coefficient (Wildman–Crippen LogP) is 12.4. The Balaban J connectivity index is 1.37. The largest absolute Gasteiger partial charge is 0.122 e. The minimum absolute atomic E-state index is 0.503. The molecule has 0 amide bonds. The van der Waals surface area contributed by atoms with Crippen molar-refractivity contribution in [3.05, 3.63) is 181 Å². The Morgan fingerprint density at radius 2 is 0.523 bits per heavy atom. The van der Waals surface area contributed by atoms with Crippen LogP contribution in [0.25, 0.3) is 66.8 Å². The normalized spacial score (nSPS) is 10.9. The maximum atomic E-state index is 6.17.